The van der Waals surface area contributed by atoms with Gasteiger partial charge in [0.05, 0.1) is 0 Å². The highest BCUT2D eigenvalue weighted by Crippen LogP contribution is 2.23. The molecule has 0 bridgehead atoms. The summed E-state index contributed by atoms with van der Waals surface area (Å²) in [5.74, 6) is 0.466. The first-order valence-corrected chi connectivity index (χ1v) is 8.88. The Hall–Kier alpha value is -1.51. The largest absolute Gasteiger partial charge is 0.508 e. The molecule has 0 amide bonds. The Labute approximate surface area is 151 Å². The summed E-state index contributed by atoms with van der Waals surface area (Å²) in [6.45, 7) is 3.21. The zero-order valence-electron chi connectivity index (χ0n) is 14.3. The fourth-order valence-corrected chi connectivity index (χ4v) is 3.40. The molecule has 2 aromatic carbocycles. The van der Waals surface area contributed by atoms with E-state index in [-0.39, 0.29) is 12.4 Å². The van der Waals surface area contributed by atoms with Gasteiger partial charge in [-0.15, -0.1) is 12.4 Å². The molecule has 1 aliphatic rings. The van der Waals surface area contributed by atoms with Gasteiger partial charge in [-0.1, -0.05) is 48.9 Å². The van der Waals surface area contributed by atoms with E-state index in [0.29, 0.717) is 5.75 Å². The molecule has 0 aromatic heterocycles. The highest BCUT2D eigenvalue weighted by atomic mass is 35.5. The summed E-state index contributed by atoms with van der Waals surface area (Å²) >= 11 is 0. The Morgan fingerprint density at radius 3 is 2.25 bits per heavy atom. The third-order valence-electron chi connectivity index (χ3n) is 4.77. The van der Waals surface area contributed by atoms with Gasteiger partial charge in [0.25, 0.3) is 0 Å². The minimum atomic E-state index is 0. The molecule has 0 spiro atoms. The molecule has 0 unspecified atom stereocenters. The second-order valence-corrected chi connectivity index (χ2v) is 6.64. The van der Waals surface area contributed by atoms with Crippen molar-refractivity contribution in [2.45, 2.75) is 45.1 Å². The summed E-state index contributed by atoms with van der Waals surface area (Å²) in [7, 11) is 0. The standard InChI is InChI=1S/C21H27NO.ClH/c23-21-16-19(11-7-10-18-8-3-1-4-9-18)12-13-20(21)17-22-14-5-2-6-15-22;/h1,3-4,8-9,12-13,16,23H,2,5-7,10-11,14-15,17H2;1H. The van der Waals surface area contributed by atoms with E-state index in [1.807, 2.05) is 6.07 Å². The number of aromatic hydroxyl groups is 1. The Kier molecular flexibility index (Phi) is 7.61. The van der Waals surface area contributed by atoms with E-state index in [2.05, 4.69) is 47.4 Å². The summed E-state index contributed by atoms with van der Waals surface area (Å²) in [5, 5.41) is 10.3. The number of nitrogens with zero attached hydrogens (tertiary/aromatic N) is 1. The van der Waals surface area contributed by atoms with Crippen molar-refractivity contribution in [3.05, 3.63) is 65.2 Å². The van der Waals surface area contributed by atoms with Crippen molar-refractivity contribution in [2.24, 2.45) is 0 Å². The summed E-state index contributed by atoms with van der Waals surface area (Å²) in [6, 6.07) is 16.9. The smallest absolute Gasteiger partial charge is 0.120 e. The van der Waals surface area contributed by atoms with Gasteiger partial charge < -0.3 is 5.11 Å². The number of phenols is 1. The van der Waals surface area contributed by atoms with Gasteiger partial charge >= 0.3 is 0 Å². The first kappa shape index (κ1) is 18.8. The fourth-order valence-electron chi connectivity index (χ4n) is 3.40. The normalized spacial score (nSPS) is 15.0. The second-order valence-electron chi connectivity index (χ2n) is 6.64. The van der Waals surface area contributed by atoms with Crippen molar-refractivity contribution in [1.29, 1.82) is 0 Å². The Balaban J connectivity index is 0.00000208. The predicted octanol–water partition coefficient (Wildman–Crippen LogP) is 4.98. The molecule has 1 fully saturated rings. The number of benzene rings is 2. The highest BCUT2D eigenvalue weighted by Gasteiger charge is 2.12. The lowest BCUT2D eigenvalue weighted by Crippen LogP contribution is -2.29. The van der Waals surface area contributed by atoms with Crippen LogP contribution in [-0.4, -0.2) is 23.1 Å². The summed E-state index contributed by atoms with van der Waals surface area (Å²) in [5.41, 5.74) is 3.69. The van der Waals surface area contributed by atoms with Gasteiger partial charge in [0.2, 0.25) is 0 Å². The lowest BCUT2D eigenvalue weighted by Gasteiger charge is -2.26. The van der Waals surface area contributed by atoms with Crippen molar-refractivity contribution in [1.82, 2.24) is 4.90 Å². The van der Waals surface area contributed by atoms with Gasteiger partial charge in [-0.3, -0.25) is 4.90 Å². The van der Waals surface area contributed by atoms with Crippen LogP contribution in [0.5, 0.6) is 5.75 Å². The minimum Gasteiger partial charge on any atom is -0.508 e. The van der Waals surface area contributed by atoms with Crippen molar-refractivity contribution in [2.75, 3.05) is 13.1 Å². The van der Waals surface area contributed by atoms with Crippen molar-refractivity contribution >= 4 is 12.4 Å². The molecule has 3 heteroatoms. The Morgan fingerprint density at radius 2 is 1.54 bits per heavy atom. The zero-order chi connectivity index (χ0) is 15.9. The first-order valence-electron chi connectivity index (χ1n) is 8.88. The fraction of sp³-hybridized carbons (Fsp3) is 0.429. The first-order chi connectivity index (χ1) is 11.3. The quantitative estimate of drug-likeness (QED) is 0.798. The lowest BCUT2D eigenvalue weighted by atomic mass is 10.0. The number of likely N-dealkylation sites (tertiary alicyclic amines) is 1. The van der Waals surface area contributed by atoms with Crippen LogP contribution in [0, 0.1) is 0 Å². The number of hydrogen-bond donors (Lipinski definition) is 1. The molecule has 0 saturated carbocycles. The van der Waals surface area contributed by atoms with Crippen LogP contribution in [0.25, 0.3) is 0 Å². The summed E-state index contributed by atoms with van der Waals surface area (Å²) in [4.78, 5) is 2.45. The van der Waals surface area contributed by atoms with Gasteiger partial charge in [-0.05, 0) is 62.4 Å². The molecule has 1 aliphatic heterocycles. The van der Waals surface area contributed by atoms with Gasteiger partial charge in [0, 0.05) is 12.1 Å². The maximum atomic E-state index is 10.3. The predicted molar refractivity (Wildman–Crippen MR) is 103 cm³/mol. The Morgan fingerprint density at radius 1 is 0.833 bits per heavy atom. The number of aryl methyl sites for hydroxylation is 2. The Bertz CT molecular complexity index is 608. The van der Waals surface area contributed by atoms with E-state index in [9.17, 15) is 5.11 Å². The topological polar surface area (TPSA) is 23.5 Å². The van der Waals surface area contributed by atoms with Gasteiger partial charge in [0.1, 0.15) is 5.75 Å². The highest BCUT2D eigenvalue weighted by molar-refractivity contribution is 5.85. The number of rotatable bonds is 6. The monoisotopic (exact) mass is 345 g/mol. The molecule has 0 atom stereocenters. The molecule has 24 heavy (non-hydrogen) atoms. The van der Waals surface area contributed by atoms with Gasteiger partial charge in [0.15, 0.2) is 0 Å². The van der Waals surface area contributed by atoms with Gasteiger partial charge in [-0.2, -0.15) is 0 Å². The van der Waals surface area contributed by atoms with E-state index >= 15 is 0 Å². The van der Waals surface area contributed by atoms with Crippen molar-refractivity contribution < 1.29 is 5.11 Å². The van der Waals surface area contributed by atoms with Crippen molar-refractivity contribution in [3.8, 4) is 5.75 Å². The van der Waals surface area contributed by atoms with E-state index in [4.69, 9.17) is 0 Å². The maximum Gasteiger partial charge on any atom is 0.120 e. The number of piperidine rings is 1. The SMILES string of the molecule is Cl.Oc1cc(CCCc2ccccc2)ccc1CN1CCCCC1. The molecular weight excluding hydrogens is 318 g/mol. The van der Waals surface area contributed by atoms with E-state index in [0.717, 1.165) is 44.5 Å². The molecule has 1 heterocycles. The third kappa shape index (κ3) is 5.54. The summed E-state index contributed by atoms with van der Waals surface area (Å²) < 4.78 is 0. The maximum absolute atomic E-state index is 10.3. The van der Waals surface area contributed by atoms with E-state index in [1.54, 1.807) is 0 Å². The average Bonchev–Trinajstić information content (AvgIpc) is 2.59. The van der Waals surface area contributed by atoms with Gasteiger partial charge in [-0.25, -0.2) is 0 Å². The molecular formula is C21H28ClNO. The lowest BCUT2D eigenvalue weighted by molar-refractivity contribution is 0.218. The molecule has 2 nitrogen and oxygen atoms in total. The molecule has 0 aliphatic carbocycles. The molecule has 1 saturated heterocycles. The number of hydrogen-bond acceptors (Lipinski definition) is 2. The number of halogens is 1. The molecule has 130 valence electrons. The summed E-state index contributed by atoms with van der Waals surface area (Å²) in [6.07, 6.45) is 7.16. The van der Waals surface area contributed by atoms with E-state index in [1.165, 1.54) is 30.4 Å². The zero-order valence-corrected chi connectivity index (χ0v) is 15.1. The third-order valence-corrected chi connectivity index (χ3v) is 4.77. The minimum absolute atomic E-state index is 0. The van der Waals surface area contributed by atoms with Crippen LogP contribution >= 0.6 is 12.4 Å². The van der Waals surface area contributed by atoms with Crippen LogP contribution in [0.1, 0.15) is 42.4 Å². The molecule has 3 rings (SSSR count). The van der Waals surface area contributed by atoms with Crippen LogP contribution in [0.2, 0.25) is 0 Å². The molecule has 2 aromatic rings. The van der Waals surface area contributed by atoms with Crippen LogP contribution in [0.3, 0.4) is 0 Å². The van der Waals surface area contributed by atoms with Crippen LogP contribution in [0.15, 0.2) is 48.5 Å². The average molecular weight is 346 g/mol. The van der Waals surface area contributed by atoms with Crippen LogP contribution in [-0.2, 0) is 19.4 Å². The number of phenolic OH excluding ortho intramolecular Hbond substituents is 1. The molecule has 1 N–H and O–H groups in total. The molecule has 0 radical (unpaired) electrons. The second kappa shape index (κ2) is 9.71. The van der Waals surface area contributed by atoms with Crippen molar-refractivity contribution in [3.63, 3.8) is 0 Å². The van der Waals surface area contributed by atoms with Crippen LogP contribution < -0.4 is 0 Å². The van der Waals surface area contributed by atoms with E-state index < -0.39 is 0 Å². The van der Waals surface area contributed by atoms with Crippen LogP contribution in [0.4, 0.5) is 0 Å².